The molecule has 3 aromatic rings. The highest BCUT2D eigenvalue weighted by atomic mass is 19.1. The second-order valence-electron chi connectivity index (χ2n) is 6.23. The molecule has 3 rings (SSSR count). The van der Waals surface area contributed by atoms with Gasteiger partial charge in [-0.25, -0.2) is 9.18 Å². The zero-order valence-electron chi connectivity index (χ0n) is 15.2. The van der Waals surface area contributed by atoms with E-state index in [1.807, 2.05) is 0 Å². The molecule has 1 amide bonds. The van der Waals surface area contributed by atoms with Crippen LogP contribution in [0.25, 0.3) is 11.3 Å². The van der Waals surface area contributed by atoms with Gasteiger partial charge in [-0.15, -0.1) is 0 Å². The van der Waals surface area contributed by atoms with Crippen molar-refractivity contribution in [2.75, 3.05) is 10.6 Å². The normalized spacial score (nSPS) is 12.0. The van der Waals surface area contributed by atoms with Crippen molar-refractivity contribution in [3.63, 3.8) is 0 Å². The Balaban J connectivity index is 2.15. The lowest BCUT2D eigenvalue weighted by molar-refractivity contribution is 0.199. The van der Waals surface area contributed by atoms with Crippen molar-refractivity contribution < 1.29 is 14.3 Å². The molecule has 0 aliphatic carbocycles. The maximum atomic E-state index is 14.3. The van der Waals surface area contributed by atoms with E-state index in [2.05, 4.69) is 10.1 Å². The Hall–Kier alpha value is -3.42. The van der Waals surface area contributed by atoms with Crippen LogP contribution in [-0.4, -0.2) is 26.0 Å². The van der Waals surface area contributed by atoms with Gasteiger partial charge in [0, 0.05) is 12.6 Å². The van der Waals surface area contributed by atoms with Crippen LogP contribution >= 0.6 is 0 Å². The second kappa shape index (κ2) is 7.06. The van der Waals surface area contributed by atoms with E-state index in [4.69, 9.17) is 5.73 Å². The Labute approximate surface area is 155 Å². The third-order valence-corrected chi connectivity index (χ3v) is 4.49. The average Bonchev–Trinajstić information content (AvgIpc) is 2.99. The summed E-state index contributed by atoms with van der Waals surface area (Å²) in [6.07, 6.45) is 0.319. The zero-order chi connectivity index (χ0) is 19.7. The van der Waals surface area contributed by atoms with Gasteiger partial charge in [0.05, 0.1) is 34.9 Å². The standard InChI is InChI=1S/C19H20FN5O2/c1-11-16(21)8-9-17(23-11)14-10-22-24(3)18(14)25(19(26)27)12(2)13-6-4-5-7-15(13)20/h4-10,12H,21H2,1-3H3,(H,26,27)/t12-/m1/s1. The van der Waals surface area contributed by atoms with E-state index < -0.39 is 18.0 Å². The van der Waals surface area contributed by atoms with E-state index in [1.165, 1.54) is 16.9 Å². The minimum Gasteiger partial charge on any atom is -0.465 e. The summed E-state index contributed by atoms with van der Waals surface area (Å²) in [6, 6.07) is 8.75. The van der Waals surface area contributed by atoms with E-state index >= 15 is 0 Å². The minimum atomic E-state index is -1.22. The fourth-order valence-corrected chi connectivity index (χ4v) is 3.01. The van der Waals surface area contributed by atoms with Crippen LogP contribution in [0.4, 0.5) is 20.7 Å². The highest BCUT2D eigenvalue weighted by Crippen LogP contribution is 2.35. The topological polar surface area (TPSA) is 97.3 Å². The minimum absolute atomic E-state index is 0.272. The third-order valence-electron chi connectivity index (χ3n) is 4.49. The van der Waals surface area contributed by atoms with E-state index in [9.17, 15) is 14.3 Å². The quantitative estimate of drug-likeness (QED) is 0.730. The van der Waals surface area contributed by atoms with Crippen molar-refractivity contribution in [3.05, 3.63) is 59.7 Å². The van der Waals surface area contributed by atoms with Crippen LogP contribution in [0.15, 0.2) is 42.6 Å². The van der Waals surface area contributed by atoms with Gasteiger partial charge in [0.15, 0.2) is 0 Å². The number of rotatable bonds is 4. The molecule has 0 spiro atoms. The number of hydrogen-bond donors (Lipinski definition) is 2. The van der Waals surface area contributed by atoms with Crippen LogP contribution in [0, 0.1) is 12.7 Å². The second-order valence-corrected chi connectivity index (χ2v) is 6.23. The number of aryl methyl sites for hydroxylation is 2. The number of anilines is 2. The molecule has 2 aromatic heterocycles. The molecule has 27 heavy (non-hydrogen) atoms. The molecule has 0 bridgehead atoms. The number of pyridine rings is 1. The lowest BCUT2D eigenvalue weighted by Gasteiger charge is -2.28. The lowest BCUT2D eigenvalue weighted by Crippen LogP contribution is -2.34. The van der Waals surface area contributed by atoms with Gasteiger partial charge >= 0.3 is 6.09 Å². The van der Waals surface area contributed by atoms with Gasteiger partial charge in [-0.1, -0.05) is 18.2 Å². The highest BCUT2D eigenvalue weighted by Gasteiger charge is 2.30. The van der Waals surface area contributed by atoms with Gasteiger partial charge < -0.3 is 10.8 Å². The Morgan fingerprint density at radius 3 is 2.63 bits per heavy atom. The number of aromatic nitrogens is 3. The maximum Gasteiger partial charge on any atom is 0.413 e. The van der Waals surface area contributed by atoms with Crippen LogP contribution in [0.3, 0.4) is 0 Å². The summed E-state index contributed by atoms with van der Waals surface area (Å²) in [5, 5.41) is 14.1. The number of nitrogens with zero attached hydrogens (tertiary/aromatic N) is 4. The van der Waals surface area contributed by atoms with Gasteiger partial charge in [-0.05, 0) is 32.0 Å². The van der Waals surface area contributed by atoms with Crippen LogP contribution in [0.2, 0.25) is 0 Å². The molecule has 0 fully saturated rings. The van der Waals surface area contributed by atoms with Crippen molar-refractivity contribution in [2.45, 2.75) is 19.9 Å². The first-order valence-corrected chi connectivity index (χ1v) is 8.33. The number of carbonyl (C=O) groups is 1. The molecule has 0 radical (unpaired) electrons. The molecule has 2 heterocycles. The molecular weight excluding hydrogens is 349 g/mol. The molecule has 1 aromatic carbocycles. The van der Waals surface area contributed by atoms with Crippen LogP contribution < -0.4 is 10.6 Å². The van der Waals surface area contributed by atoms with E-state index in [0.717, 1.165) is 4.90 Å². The number of halogens is 1. The number of amides is 1. The van der Waals surface area contributed by atoms with Gasteiger partial charge in [0.2, 0.25) is 0 Å². The largest absolute Gasteiger partial charge is 0.465 e. The molecule has 3 N–H and O–H groups in total. The number of nitrogens with two attached hydrogens (primary N) is 1. The number of carboxylic acid groups (broad SMARTS) is 1. The molecular formula is C19H20FN5O2. The number of benzene rings is 1. The molecule has 1 atom stereocenters. The van der Waals surface area contributed by atoms with E-state index in [0.29, 0.717) is 28.5 Å². The summed E-state index contributed by atoms with van der Waals surface area (Å²) in [4.78, 5) is 17.6. The molecule has 0 aliphatic rings. The van der Waals surface area contributed by atoms with Crippen molar-refractivity contribution in [1.29, 1.82) is 0 Å². The van der Waals surface area contributed by atoms with Crippen LogP contribution in [-0.2, 0) is 7.05 Å². The van der Waals surface area contributed by atoms with Crippen LogP contribution in [0.1, 0.15) is 24.2 Å². The molecule has 7 nitrogen and oxygen atoms in total. The summed E-state index contributed by atoms with van der Waals surface area (Å²) in [5.41, 5.74) is 8.33. The smallest absolute Gasteiger partial charge is 0.413 e. The third kappa shape index (κ3) is 3.33. The molecule has 0 unspecified atom stereocenters. The predicted molar refractivity (Wildman–Crippen MR) is 101 cm³/mol. The summed E-state index contributed by atoms with van der Waals surface area (Å²) >= 11 is 0. The predicted octanol–water partition coefficient (Wildman–Crippen LogP) is 3.76. The average molecular weight is 369 g/mol. The lowest BCUT2D eigenvalue weighted by atomic mass is 10.1. The van der Waals surface area contributed by atoms with Crippen LogP contribution in [0.5, 0.6) is 0 Å². The first-order chi connectivity index (χ1) is 12.8. The summed E-state index contributed by atoms with van der Waals surface area (Å²) < 4.78 is 15.7. The van der Waals surface area contributed by atoms with Gasteiger partial charge in [-0.3, -0.25) is 14.6 Å². The fraction of sp³-hybridized carbons (Fsp3) is 0.211. The molecule has 8 heteroatoms. The van der Waals surface area contributed by atoms with E-state index in [1.54, 1.807) is 51.2 Å². The monoisotopic (exact) mass is 369 g/mol. The Bertz CT molecular complexity index is 1000. The summed E-state index contributed by atoms with van der Waals surface area (Å²) in [6.45, 7) is 3.40. The first-order valence-electron chi connectivity index (χ1n) is 8.33. The first kappa shape index (κ1) is 18.4. The van der Waals surface area contributed by atoms with Gasteiger partial charge in [0.1, 0.15) is 11.6 Å². The van der Waals surface area contributed by atoms with Crippen molar-refractivity contribution in [1.82, 2.24) is 14.8 Å². The molecule has 0 aliphatic heterocycles. The number of hydrogen-bond acceptors (Lipinski definition) is 4. The summed E-state index contributed by atoms with van der Waals surface area (Å²) in [7, 11) is 1.63. The van der Waals surface area contributed by atoms with E-state index in [-0.39, 0.29) is 5.56 Å². The number of nitrogen functional groups attached to an aromatic ring is 1. The Morgan fingerprint density at radius 2 is 2.00 bits per heavy atom. The zero-order valence-corrected chi connectivity index (χ0v) is 15.2. The molecule has 0 saturated heterocycles. The van der Waals surface area contributed by atoms with Crippen molar-refractivity contribution in [3.8, 4) is 11.3 Å². The van der Waals surface area contributed by atoms with Crippen molar-refractivity contribution in [2.24, 2.45) is 7.05 Å². The van der Waals surface area contributed by atoms with Gasteiger partial charge in [0.25, 0.3) is 0 Å². The maximum absolute atomic E-state index is 14.3. The fourth-order valence-electron chi connectivity index (χ4n) is 3.01. The molecule has 140 valence electrons. The van der Waals surface area contributed by atoms with Crippen molar-refractivity contribution >= 4 is 17.6 Å². The molecule has 0 saturated carbocycles. The SMILES string of the molecule is Cc1nc(-c2cnn(C)c2N(C(=O)O)[C@H](C)c2ccccc2F)ccc1N. The Kier molecular flexibility index (Phi) is 4.81. The van der Waals surface area contributed by atoms with Gasteiger partial charge in [-0.2, -0.15) is 5.10 Å². The summed E-state index contributed by atoms with van der Waals surface area (Å²) in [5.74, 6) is -0.170. The Morgan fingerprint density at radius 1 is 1.30 bits per heavy atom. The highest BCUT2D eigenvalue weighted by molar-refractivity contribution is 5.91.